The zero-order valence-corrected chi connectivity index (χ0v) is 14.3. The van der Waals surface area contributed by atoms with Crippen molar-refractivity contribution >= 4 is 28.9 Å². The molecule has 4 nitrogen and oxygen atoms in total. The molecule has 0 aliphatic carbocycles. The van der Waals surface area contributed by atoms with Crippen molar-refractivity contribution in [3.05, 3.63) is 34.7 Å². The number of carbonyl (C=O) groups excluding carboxylic acids is 1. The second-order valence-electron chi connectivity index (χ2n) is 5.78. The number of rotatable bonds is 5. The van der Waals surface area contributed by atoms with E-state index in [-0.39, 0.29) is 5.91 Å². The summed E-state index contributed by atoms with van der Waals surface area (Å²) in [4.78, 5) is 19.2. The minimum Gasteiger partial charge on any atom is -0.494 e. The topological polar surface area (TPSA) is 41.9 Å². The van der Waals surface area contributed by atoms with E-state index in [2.05, 4.69) is 16.8 Å². The van der Waals surface area contributed by atoms with E-state index in [1.165, 1.54) is 24.6 Å². The molecule has 122 valence electrons. The van der Waals surface area contributed by atoms with Crippen LogP contribution in [-0.2, 0) is 4.79 Å². The molecule has 0 bridgehead atoms. The van der Waals surface area contributed by atoms with Gasteiger partial charge >= 0.3 is 0 Å². The van der Waals surface area contributed by atoms with Crippen molar-refractivity contribution in [1.29, 1.82) is 0 Å². The summed E-state index contributed by atoms with van der Waals surface area (Å²) in [5.41, 5.74) is 1.00. The second kappa shape index (κ2) is 7.68. The first-order chi connectivity index (χ1) is 11.3. The molecule has 1 amide bonds. The second-order valence-corrected chi connectivity index (χ2v) is 6.78. The van der Waals surface area contributed by atoms with Crippen molar-refractivity contribution in [1.82, 2.24) is 4.90 Å². The third kappa shape index (κ3) is 4.16. The van der Waals surface area contributed by atoms with Gasteiger partial charge in [-0.15, -0.1) is 0 Å². The Labute approximate surface area is 141 Å². The van der Waals surface area contributed by atoms with Crippen LogP contribution in [0.5, 0.6) is 5.75 Å². The molecule has 0 spiro atoms. The maximum atomic E-state index is 12.1. The molecule has 0 saturated carbocycles. The number of ether oxygens (including phenoxy) is 1. The van der Waals surface area contributed by atoms with Crippen LogP contribution in [0.25, 0.3) is 6.08 Å². The Morgan fingerprint density at radius 2 is 2.00 bits per heavy atom. The minimum atomic E-state index is -0.125. The summed E-state index contributed by atoms with van der Waals surface area (Å²) in [6.07, 6.45) is 6.48. The summed E-state index contributed by atoms with van der Waals surface area (Å²) in [5.74, 6) is 0.750. The van der Waals surface area contributed by atoms with Gasteiger partial charge in [-0.2, -0.15) is 4.99 Å². The molecule has 0 atom stereocenters. The van der Waals surface area contributed by atoms with Crippen LogP contribution in [0.15, 0.2) is 34.2 Å². The van der Waals surface area contributed by atoms with Crippen LogP contribution < -0.4 is 4.74 Å². The molecular weight excluding hydrogens is 308 g/mol. The molecule has 2 heterocycles. The molecule has 1 aromatic rings. The van der Waals surface area contributed by atoms with Gasteiger partial charge in [0.25, 0.3) is 5.91 Å². The number of likely N-dealkylation sites (tertiary alicyclic amines) is 1. The molecule has 0 radical (unpaired) electrons. The zero-order valence-electron chi connectivity index (χ0n) is 13.5. The van der Waals surface area contributed by atoms with Gasteiger partial charge in [0.15, 0.2) is 5.17 Å². The Bertz CT molecular complexity index is 616. The minimum absolute atomic E-state index is 0.125. The van der Waals surface area contributed by atoms with E-state index in [0.717, 1.165) is 49.0 Å². The van der Waals surface area contributed by atoms with Gasteiger partial charge < -0.3 is 9.64 Å². The average molecular weight is 330 g/mol. The highest BCUT2D eigenvalue weighted by molar-refractivity contribution is 8.18. The fraction of sp³-hybridized carbons (Fsp3) is 0.444. The number of thioether (sulfide) groups is 1. The smallest absolute Gasteiger partial charge is 0.286 e. The molecule has 2 aliphatic heterocycles. The summed E-state index contributed by atoms with van der Waals surface area (Å²) in [7, 11) is 0. The first kappa shape index (κ1) is 16.1. The molecule has 3 rings (SSSR count). The van der Waals surface area contributed by atoms with Crippen LogP contribution in [0, 0.1) is 0 Å². The van der Waals surface area contributed by atoms with E-state index in [1.54, 1.807) is 0 Å². The predicted octanol–water partition coefficient (Wildman–Crippen LogP) is 3.93. The van der Waals surface area contributed by atoms with E-state index in [1.807, 2.05) is 30.3 Å². The third-order valence-corrected chi connectivity index (χ3v) is 4.97. The van der Waals surface area contributed by atoms with Crippen molar-refractivity contribution in [2.45, 2.75) is 32.6 Å². The first-order valence-corrected chi connectivity index (χ1v) is 9.08. The quantitative estimate of drug-likeness (QED) is 0.606. The van der Waals surface area contributed by atoms with Crippen molar-refractivity contribution in [2.75, 3.05) is 19.7 Å². The van der Waals surface area contributed by atoms with Gasteiger partial charge in [-0.3, -0.25) is 4.79 Å². The highest BCUT2D eigenvalue weighted by Crippen LogP contribution is 2.31. The lowest BCUT2D eigenvalue weighted by atomic mass is 10.2. The number of amides is 1. The molecule has 23 heavy (non-hydrogen) atoms. The number of amidine groups is 1. The largest absolute Gasteiger partial charge is 0.494 e. The van der Waals surface area contributed by atoms with Gasteiger partial charge in [-0.1, -0.05) is 25.5 Å². The number of unbranched alkanes of at least 4 members (excludes halogenated alkanes) is 1. The maximum Gasteiger partial charge on any atom is 0.286 e. The fourth-order valence-electron chi connectivity index (χ4n) is 2.59. The van der Waals surface area contributed by atoms with E-state index < -0.39 is 0 Å². The summed E-state index contributed by atoms with van der Waals surface area (Å²) in [6, 6.07) is 7.87. The molecule has 1 fully saturated rings. The lowest BCUT2D eigenvalue weighted by Gasteiger charge is -2.14. The van der Waals surface area contributed by atoms with E-state index >= 15 is 0 Å². The summed E-state index contributed by atoms with van der Waals surface area (Å²) >= 11 is 1.49. The molecule has 0 aromatic heterocycles. The zero-order chi connectivity index (χ0) is 16.1. The Morgan fingerprint density at radius 3 is 2.70 bits per heavy atom. The van der Waals surface area contributed by atoms with Gasteiger partial charge in [-0.25, -0.2) is 0 Å². The number of carbonyl (C=O) groups is 1. The monoisotopic (exact) mass is 330 g/mol. The third-order valence-electron chi connectivity index (χ3n) is 3.93. The molecular formula is C18H22N2O2S. The van der Waals surface area contributed by atoms with E-state index in [0.29, 0.717) is 4.91 Å². The Hall–Kier alpha value is -1.75. The van der Waals surface area contributed by atoms with Crippen LogP contribution in [0.1, 0.15) is 38.2 Å². The number of benzene rings is 1. The fourth-order valence-corrected chi connectivity index (χ4v) is 3.55. The van der Waals surface area contributed by atoms with Gasteiger partial charge in [0.2, 0.25) is 0 Å². The highest BCUT2D eigenvalue weighted by atomic mass is 32.2. The lowest BCUT2D eigenvalue weighted by Crippen LogP contribution is -2.23. The Morgan fingerprint density at radius 1 is 1.26 bits per heavy atom. The molecule has 0 N–H and O–H groups in total. The van der Waals surface area contributed by atoms with Crippen molar-refractivity contribution < 1.29 is 9.53 Å². The molecule has 5 heteroatoms. The number of nitrogens with zero attached hydrogens (tertiary/aromatic N) is 2. The van der Waals surface area contributed by atoms with Crippen molar-refractivity contribution in [2.24, 2.45) is 4.99 Å². The van der Waals surface area contributed by atoms with Crippen LogP contribution in [0.3, 0.4) is 0 Å². The number of hydrogen-bond donors (Lipinski definition) is 0. The number of aliphatic imine (C=N–C) groups is 1. The lowest BCUT2D eigenvalue weighted by molar-refractivity contribution is -0.113. The normalized spacial score (nSPS) is 19.5. The number of hydrogen-bond acceptors (Lipinski definition) is 4. The van der Waals surface area contributed by atoms with Crippen LogP contribution >= 0.6 is 11.8 Å². The predicted molar refractivity (Wildman–Crippen MR) is 95.7 cm³/mol. The summed E-state index contributed by atoms with van der Waals surface area (Å²) in [6.45, 7) is 4.91. The van der Waals surface area contributed by atoms with Crippen LogP contribution in [-0.4, -0.2) is 35.7 Å². The maximum absolute atomic E-state index is 12.1. The van der Waals surface area contributed by atoms with E-state index in [4.69, 9.17) is 4.74 Å². The van der Waals surface area contributed by atoms with Gasteiger partial charge in [-0.05, 0) is 54.8 Å². The van der Waals surface area contributed by atoms with Crippen LogP contribution in [0.4, 0.5) is 0 Å². The summed E-state index contributed by atoms with van der Waals surface area (Å²) < 4.78 is 5.65. The van der Waals surface area contributed by atoms with Crippen LogP contribution in [0.2, 0.25) is 0 Å². The SMILES string of the molecule is CCCCOc1ccc(/C=C2\SC(N3CCCC3)=NC2=O)cc1. The standard InChI is InChI=1S/C18H22N2O2S/c1-2-3-12-22-15-8-6-14(7-9-15)13-16-17(21)19-18(23-16)20-10-4-5-11-20/h6-9,13H,2-5,10-12H2,1H3/b16-13-. The van der Waals surface area contributed by atoms with Gasteiger partial charge in [0, 0.05) is 13.1 Å². The van der Waals surface area contributed by atoms with Crippen molar-refractivity contribution in [3.8, 4) is 5.75 Å². The molecule has 2 aliphatic rings. The summed E-state index contributed by atoms with van der Waals surface area (Å²) in [5, 5.41) is 0.860. The first-order valence-electron chi connectivity index (χ1n) is 8.26. The van der Waals surface area contributed by atoms with Gasteiger partial charge in [0.1, 0.15) is 5.75 Å². The molecule has 1 saturated heterocycles. The average Bonchev–Trinajstić information content (AvgIpc) is 3.20. The Kier molecular flexibility index (Phi) is 5.39. The molecule has 0 unspecified atom stereocenters. The van der Waals surface area contributed by atoms with Crippen molar-refractivity contribution in [3.63, 3.8) is 0 Å². The Balaban J connectivity index is 1.62. The molecule has 1 aromatic carbocycles. The highest BCUT2D eigenvalue weighted by Gasteiger charge is 2.27. The van der Waals surface area contributed by atoms with Gasteiger partial charge in [0.05, 0.1) is 11.5 Å². The van der Waals surface area contributed by atoms with E-state index in [9.17, 15) is 4.79 Å².